The molecular formula is C14H16N4O3. The van der Waals surface area contributed by atoms with E-state index in [9.17, 15) is 14.4 Å². The van der Waals surface area contributed by atoms with Crippen LogP contribution in [0.1, 0.15) is 23.0 Å². The number of H-pyrrole nitrogens is 2. The predicted molar refractivity (Wildman–Crippen MR) is 79.5 cm³/mol. The molecule has 110 valence electrons. The van der Waals surface area contributed by atoms with Crippen molar-refractivity contribution in [2.75, 3.05) is 11.9 Å². The largest absolute Gasteiger partial charge is 0.326 e. The highest BCUT2D eigenvalue weighted by molar-refractivity contribution is 6.03. The second-order valence-corrected chi connectivity index (χ2v) is 4.39. The molecule has 7 nitrogen and oxygen atoms in total. The minimum absolute atomic E-state index is 0.0815. The van der Waals surface area contributed by atoms with Crippen LogP contribution in [0, 0.1) is 0 Å². The van der Waals surface area contributed by atoms with Crippen molar-refractivity contribution in [2.24, 2.45) is 0 Å². The zero-order valence-electron chi connectivity index (χ0n) is 11.5. The molecule has 0 saturated carbocycles. The molecule has 0 aliphatic carbocycles. The van der Waals surface area contributed by atoms with Crippen LogP contribution in [0.4, 0.5) is 5.69 Å². The Bertz CT molecular complexity index is 720. The van der Waals surface area contributed by atoms with E-state index in [1.54, 1.807) is 12.1 Å². The third-order valence-electron chi connectivity index (χ3n) is 2.84. The van der Waals surface area contributed by atoms with E-state index < -0.39 is 17.2 Å². The molecule has 2 aromatic rings. The fourth-order valence-electron chi connectivity index (χ4n) is 1.84. The van der Waals surface area contributed by atoms with Gasteiger partial charge in [-0.1, -0.05) is 25.1 Å². The van der Waals surface area contributed by atoms with Gasteiger partial charge in [0, 0.05) is 18.3 Å². The number of benzene rings is 1. The topological polar surface area (TPSA) is 107 Å². The number of aromatic nitrogens is 2. The Morgan fingerprint density at radius 2 is 1.95 bits per heavy atom. The summed E-state index contributed by atoms with van der Waals surface area (Å²) in [6.07, 6.45) is 0. The van der Waals surface area contributed by atoms with Crippen molar-refractivity contribution in [3.8, 4) is 0 Å². The molecule has 1 heterocycles. The van der Waals surface area contributed by atoms with Crippen LogP contribution in [-0.4, -0.2) is 22.4 Å². The number of carbonyl (C=O) groups is 1. The molecule has 21 heavy (non-hydrogen) atoms. The minimum Gasteiger partial charge on any atom is -0.320 e. The highest BCUT2D eigenvalue weighted by Crippen LogP contribution is 2.15. The van der Waals surface area contributed by atoms with Crippen molar-refractivity contribution in [3.05, 3.63) is 62.4 Å². The molecule has 0 atom stereocenters. The average molecular weight is 288 g/mol. The van der Waals surface area contributed by atoms with Crippen LogP contribution in [0.3, 0.4) is 0 Å². The Morgan fingerprint density at radius 1 is 1.19 bits per heavy atom. The molecule has 0 fully saturated rings. The third-order valence-corrected chi connectivity index (χ3v) is 2.84. The lowest BCUT2D eigenvalue weighted by Crippen LogP contribution is -2.27. The van der Waals surface area contributed by atoms with Gasteiger partial charge in [-0.2, -0.15) is 0 Å². The van der Waals surface area contributed by atoms with Crippen LogP contribution in [0.2, 0.25) is 0 Å². The molecule has 0 aliphatic rings. The molecular weight excluding hydrogens is 272 g/mol. The second-order valence-electron chi connectivity index (χ2n) is 4.39. The highest BCUT2D eigenvalue weighted by Gasteiger charge is 2.10. The van der Waals surface area contributed by atoms with E-state index in [-0.39, 0.29) is 5.69 Å². The highest BCUT2D eigenvalue weighted by atomic mass is 16.2. The Kier molecular flexibility index (Phi) is 4.68. The summed E-state index contributed by atoms with van der Waals surface area (Å²) in [5, 5.41) is 5.86. The molecule has 0 aliphatic heterocycles. The van der Waals surface area contributed by atoms with Crippen molar-refractivity contribution >= 4 is 11.6 Å². The summed E-state index contributed by atoms with van der Waals surface area (Å²) in [6.45, 7) is 3.41. The quantitative estimate of drug-likeness (QED) is 0.640. The summed E-state index contributed by atoms with van der Waals surface area (Å²) in [5.41, 5.74) is 0.130. The maximum absolute atomic E-state index is 12.1. The molecule has 4 N–H and O–H groups in total. The van der Waals surface area contributed by atoms with E-state index in [2.05, 4.69) is 15.6 Å². The van der Waals surface area contributed by atoms with E-state index in [4.69, 9.17) is 0 Å². The number of hydrogen-bond acceptors (Lipinski definition) is 4. The first-order valence-corrected chi connectivity index (χ1v) is 6.53. The Hall–Kier alpha value is -2.67. The average Bonchev–Trinajstić information content (AvgIpc) is 2.45. The van der Waals surface area contributed by atoms with Crippen LogP contribution in [0.25, 0.3) is 0 Å². The first kappa shape index (κ1) is 14.7. The molecule has 0 bridgehead atoms. The standard InChI is InChI=1S/C14H16N4O3/c1-2-15-8-9-5-3-4-6-10(9)16-13(20)11-7-12(19)18-14(21)17-11/h3-7,15H,2,8H2,1H3,(H,16,20)(H2,17,18,19,21). The first-order chi connectivity index (χ1) is 10.1. The summed E-state index contributed by atoms with van der Waals surface area (Å²) in [4.78, 5) is 38.8. The number of anilines is 1. The lowest BCUT2D eigenvalue weighted by Gasteiger charge is -2.11. The molecule has 1 aromatic carbocycles. The summed E-state index contributed by atoms with van der Waals surface area (Å²) >= 11 is 0. The van der Waals surface area contributed by atoms with Gasteiger partial charge >= 0.3 is 5.69 Å². The smallest absolute Gasteiger partial charge is 0.320 e. The lowest BCUT2D eigenvalue weighted by molar-refractivity contribution is 0.102. The van der Waals surface area contributed by atoms with Crippen molar-refractivity contribution in [1.29, 1.82) is 0 Å². The van der Waals surface area contributed by atoms with E-state index >= 15 is 0 Å². The van der Waals surface area contributed by atoms with Gasteiger partial charge in [-0.05, 0) is 18.2 Å². The summed E-state index contributed by atoms with van der Waals surface area (Å²) in [5.74, 6) is -0.540. The van der Waals surface area contributed by atoms with Gasteiger partial charge in [-0.15, -0.1) is 0 Å². The van der Waals surface area contributed by atoms with Gasteiger partial charge in [0.05, 0.1) is 0 Å². The molecule has 0 unspecified atom stereocenters. The monoisotopic (exact) mass is 288 g/mol. The fourth-order valence-corrected chi connectivity index (χ4v) is 1.84. The van der Waals surface area contributed by atoms with Crippen molar-refractivity contribution in [3.63, 3.8) is 0 Å². The van der Waals surface area contributed by atoms with E-state index in [0.717, 1.165) is 18.2 Å². The Labute approximate surface area is 120 Å². The van der Waals surface area contributed by atoms with Crippen LogP contribution in [0.5, 0.6) is 0 Å². The maximum Gasteiger partial charge on any atom is 0.326 e. The minimum atomic E-state index is -0.714. The molecule has 0 saturated heterocycles. The maximum atomic E-state index is 12.1. The third kappa shape index (κ3) is 3.90. The molecule has 0 radical (unpaired) electrons. The zero-order valence-corrected chi connectivity index (χ0v) is 11.5. The van der Waals surface area contributed by atoms with Crippen LogP contribution >= 0.6 is 0 Å². The van der Waals surface area contributed by atoms with E-state index in [0.29, 0.717) is 12.2 Å². The van der Waals surface area contributed by atoms with Gasteiger partial charge < -0.3 is 15.6 Å². The predicted octanol–water partition coefficient (Wildman–Crippen LogP) is 0.425. The van der Waals surface area contributed by atoms with Gasteiger partial charge in [0.1, 0.15) is 5.69 Å². The second kappa shape index (κ2) is 6.67. The summed E-state index contributed by atoms with van der Waals surface area (Å²) < 4.78 is 0. The number of amides is 1. The SMILES string of the molecule is CCNCc1ccccc1NC(=O)c1cc(=O)[nH]c(=O)[nH]1. The van der Waals surface area contributed by atoms with Gasteiger partial charge in [0.2, 0.25) is 0 Å². The van der Waals surface area contributed by atoms with Crippen molar-refractivity contribution in [1.82, 2.24) is 15.3 Å². The van der Waals surface area contributed by atoms with Gasteiger partial charge in [0.25, 0.3) is 11.5 Å². The normalized spacial score (nSPS) is 10.3. The van der Waals surface area contributed by atoms with Crippen LogP contribution < -0.4 is 21.9 Å². The lowest BCUT2D eigenvalue weighted by atomic mass is 10.1. The fraction of sp³-hybridized carbons (Fsp3) is 0.214. The number of nitrogens with one attached hydrogen (secondary N) is 4. The summed E-state index contributed by atoms with van der Waals surface area (Å²) in [6, 6.07) is 8.36. The molecule has 1 amide bonds. The van der Waals surface area contributed by atoms with Gasteiger partial charge in [0.15, 0.2) is 0 Å². The van der Waals surface area contributed by atoms with Crippen molar-refractivity contribution in [2.45, 2.75) is 13.5 Å². The number of carbonyl (C=O) groups excluding carboxylic acids is 1. The molecule has 1 aromatic heterocycles. The molecule has 0 spiro atoms. The number of para-hydroxylation sites is 1. The zero-order chi connectivity index (χ0) is 15.2. The summed E-state index contributed by atoms with van der Waals surface area (Å²) in [7, 11) is 0. The Balaban J connectivity index is 2.23. The van der Waals surface area contributed by atoms with Crippen LogP contribution in [-0.2, 0) is 6.54 Å². The van der Waals surface area contributed by atoms with Crippen LogP contribution in [0.15, 0.2) is 39.9 Å². The van der Waals surface area contributed by atoms with E-state index in [1.807, 2.05) is 24.0 Å². The number of rotatable bonds is 5. The van der Waals surface area contributed by atoms with E-state index in [1.165, 1.54) is 0 Å². The van der Waals surface area contributed by atoms with Crippen molar-refractivity contribution < 1.29 is 4.79 Å². The van der Waals surface area contributed by atoms with Gasteiger partial charge in [-0.25, -0.2) is 4.79 Å². The Morgan fingerprint density at radius 3 is 2.67 bits per heavy atom. The number of hydrogen-bond donors (Lipinski definition) is 4. The number of aromatic amines is 2. The molecule has 2 rings (SSSR count). The van der Waals surface area contributed by atoms with Gasteiger partial charge in [-0.3, -0.25) is 14.6 Å². The molecule has 7 heteroatoms. The first-order valence-electron chi connectivity index (χ1n) is 6.53.